The maximum atomic E-state index is 13.1. The fourth-order valence-electron chi connectivity index (χ4n) is 3.07. The van der Waals surface area contributed by atoms with E-state index in [4.69, 9.17) is 0 Å². The van der Waals surface area contributed by atoms with Gasteiger partial charge in [-0.1, -0.05) is 0 Å². The van der Waals surface area contributed by atoms with Crippen LogP contribution in [-0.4, -0.2) is 45.7 Å². The van der Waals surface area contributed by atoms with Crippen molar-refractivity contribution in [1.82, 2.24) is 24.2 Å². The summed E-state index contributed by atoms with van der Waals surface area (Å²) >= 11 is 0. The zero-order valence-electron chi connectivity index (χ0n) is 14.7. The summed E-state index contributed by atoms with van der Waals surface area (Å²) in [6.45, 7) is 0.678. The second kappa shape index (κ2) is 7.56. The van der Waals surface area contributed by atoms with Gasteiger partial charge >= 0.3 is 0 Å². The maximum absolute atomic E-state index is 13.1. The Morgan fingerprint density at radius 3 is 2.46 bits per heavy atom. The Morgan fingerprint density at radius 2 is 1.71 bits per heavy atom. The normalized spacial score (nSPS) is 17.5. The summed E-state index contributed by atoms with van der Waals surface area (Å²) in [5.41, 5.74) is 0.741. The molecule has 0 aliphatic carbocycles. The molecule has 1 saturated heterocycles. The van der Waals surface area contributed by atoms with Crippen molar-refractivity contribution in [3.8, 4) is 0 Å². The van der Waals surface area contributed by atoms with Crippen LogP contribution in [0, 0.1) is 5.82 Å². The van der Waals surface area contributed by atoms with Crippen molar-refractivity contribution in [1.29, 1.82) is 0 Å². The number of benzene rings is 1. The van der Waals surface area contributed by atoms with E-state index in [1.807, 2.05) is 0 Å². The topological polar surface area (TPSA) is 101 Å². The molecule has 1 atom stereocenters. The van der Waals surface area contributed by atoms with Gasteiger partial charge in [-0.3, -0.25) is 5.32 Å². The van der Waals surface area contributed by atoms with E-state index in [1.54, 1.807) is 30.7 Å². The van der Waals surface area contributed by atoms with Gasteiger partial charge in [-0.15, -0.1) is 0 Å². The predicted molar refractivity (Wildman–Crippen MR) is 99.9 cm³/mol. The first-order valence-electron chi connectivity index (χ1n) is 8.65. The van der Waals surface area contributed by atoms with Gasteiger partial charge in [-0.2, -0.15) is 4.31 Å². The van der Waals surface area contributed by atoms with E-state index in [-0.39, 0.29) is 10.8 Å². The predicted octanol–water partition coefficient (Wildman–Crippen LogP) is 2.33. The minimum Gasteiger partial charge on any atom is -0.293 e. The van der Waals surface area contributed by atoms with Crippen LogP contribution in [0.3, 0.4) is 0 Å². The quantitative estimate of drug-likeness (QED) is 0.701. The van der Waals surface area contributed by atoms with Gasteiger partial charge in [-0.05, 0) is 42.8 Å². The number of aromatic nitrogens is 4. The Morgan fingerprint density at radius 1 is 1.00 bits per heavy atom. The number of halogens is 1. The maximum Gasteiger partial charge on any atom is 0.243 e. The lowest BCUT2D eigenvalue weighted by atomic mass is 10.1. The van der Waals surface area contributed by atoms with Crippen LogP contribution in [0.4, 0.5) is 16.3 Å². The first kappa shape index (κ1) is 18.4. The number of nitrogens with zero attached hydrogens (tertiary/aromatic N) is 5. The van der Waals surface area contributed by atoms with E-state index in [9.17, 15) is 12.8 Å². The molecule has 1 fully saturated rings. The average molecular weight is 400 g/mol. The number of rotatable bonds is 5. The molecule has 0 spiro atoms. The molecule has 10 heteroatoms. The Labute approximate surface area is 161 Å². The Balaban J connectivity index is 1.50. The molecule has 0 amide bonds. The van der Waals surface area contributed by atoms with E-state index < -0.39 is 15.8 Å². The molecular formula is C18H17FN6O2S. The van der Waals surface area contributed by atoms with Gasteiger partial charge in [0.25, 0.3) is 0 Å². The molecule has 0 unspecified atom stereocenters. The van der Waals surface area contributed by atoms with Crippen molar-refractivity contribution in [2.75, 3.05) is 18.4 Å². The highest BCUT2D eigenvalue weighted by atomic mass is 32.2. The third kappa shape index (κ3) is 3.82. The molecule has 0 radical (unpaired) electrons. The van der Waals surface area contributed by atoms with Crippen molar-refractivity contribution < 1.29 is 12.8 Å². The fraction of sp³-hybridized carbons (Fsp3) is 0.222. The molecule has 0 bridgehead atoms. The lowest BCUT2D eigenvalue weighted by Crippen LogP contribution is -2.28. The second-order valence-corrected chi connectivity index (χ2v) is 8.24. The minimum atomic E-state index is -3.67. The van der Waals surface area contributed by atoms with Crippen LogP contribution in [0.25, 0.3) is 0 Å². The third-order valence-corrected chi connectivity index (χ3v) is 6.37. The van der Waals surface area contributed by atoms with Crippen LogP contribution >= 0.6 is 0 Å². The molecule has 8 nitrogen and oxygen atoms in total. The molecule has 1 aliphatic heterocycles. The van der Waals surface area contributed by atoms with E-state index in [0.29, 0.717) is 31.4 Å². The molecule has 144 valence electrons. The van der Waals surface area contributed by atoms with E-state index in [2.05, 4.69) is 25.3 Å². The van der Waals surface area contributed by atoms with Crippen LogP contribution in [0.15, 0.2) is 59.9 Å². The fourth-order valence-corrected chi connectivity index (χ4v) is 4.57. The Kier molecular flexibility index (Phi) is 4.97. The monoisotopic (exact) mass is 400 g/mol. The van der Waals surface area contributed by atoms with Crippen molar-refractivity contribution in [2.45, 2.75) is 17.2 Å². The minimum absolute atomic E-state index is 0.0598. The Bertz CT molecular complexity index is 1060. The molecule has 3 heterocycles. The second-order valence-electron chi connectivity index (χ2n) is 6.31. The summed E-state index contributed by atoms with van der Waals surface area (Å²) in [7, 11) is -3.67. The largest absolute Gasteiger partial charge is 0.293 e. The first-order valence-corrected chi connectivity index (χ1v) is 10.1. The molecule has 3 aromatic rings. The summed E-state index contributed by atoms with van der Waals surface area (Å²) in [5.74, 6) is 0.201. The third-order valence-electron chi connectivity index (χ3n) is 4.49. The number of anilines is 2. The van der Waals surface area contributed by atoms with Gasteiger partial charge in [-0.25, -0.2) is 32.7 Å². The van der Waals surface area contributed by atoms with Crippen LogP contribution < -0.4 is 5.32 Å². The summed E-state index contributed by atoms with van der Waals surface area (Å²) < 4.78 is 40.0. The SMILES string of the molecule is O=S(=O)(c1ccc(F)cc1)N1CC[C@@H](c2ccnc(Nc3ncccn3)n2)C1. The molecule has 1 N–H and O–H groups in total. The molecule has 1 aliphatic rings. The molecule has 28 heavy (non-hydrogen) atoms. The first-order chi connectivity index (χ1) is 13.5. The molecule has 1 aromatic carbocycles. The highest BCUT2D eigenvalue weighted by Gasteiger charge is 2.34. The van der Waals surface area contributed by atoms with Gasteiger partial charge in [0.1, 0.15) is 5.82 Å². The summed E-state index contributed by atoms with van der Waals surface area (Å²) in [5, 5.41) is 2.93. The summed E-state index contributed by atoms with van der Waals surface area (Å²) in [6, 6.07) is 8.34. The van der Waals surface area contributed by atoms with Crippen LogP contribution in [0.2, 0.25) is 0 Å². The number of sulfonamides is 1. The van der Waals surface area contributed by atoms with Crippen molar-refractivity contribution >= 4 is 21.9 Å². The lowest BCUT2D eigenvalue weighted by molar-refractivity contribution is 0.472. The van der Waals surface area contributed by atoms with Crippen LogP contribution in [0.5, 0.6) is 0 Å². The molecular weight excluding hydrogens is 383 g/mol. The highest BCUT2D eigenvalue weighted by Crippen LogP contribution is 2.30. The zero-order chi connectivity index (χ0) is 19.6. The van der Waals surface area contributed by atoms with Crippen LogP contribution in [-0.2, 0) is 10.0 Å². The summed E-state index contributed by atoms with van der Waals surface area (Å²) in [6.07, 6.45) is 5.46. The van der Waals surface area contributed by atoms with Crippen molar-refractivity contribution in [3.05, 3.63) is 66.5 Å². The van der Waals surface area contributed by atoms with Crippen LogP contribution in [0.1, 0.15) is 18.0 Å². The van der Waals surface area contributed by atoms with Gasteiger partial charge in [0.15, 0.2) is 0 Å². The number of hydrogen-bond donors (Lipinski definition) is 1. The lowest BCUT2D eigenvalue weighted by Gasteiger charge is -2.16. The average Bonchev–Trinajstić information content (AvgIpc) is 3.21. The van der Waals surface area contributed by atoms with Crippen molar-refractivity contribution in [2.24, 2.45) is 0 Å². The van der Waals surface area contributed by atoms with E-state index in [0.717, 1.165) is 17.8 Å². The number of hydrogen-bond acceptors (Lipinski definition) is 7. The Hall–Kier alpha value is -2.98. The van der Waals surface area contributed by atoms with E-state index in [1.165, 1.54) is 16.4 Å². The highest BCUT2D eigenvalue weighted by molar-refractivity contribution is 7.89. The smallest absolute Gasteiger partial charge is 0.243 e. The van der Waals surface area contributed by atoms with E-state index >= 15 is 0 Å². The molecule has 0 saturated carbocycles. The van der Waals surface area contributed by atoms with Crippen molar-refractivity contribution in [3.63, 3.8) is 0 Å². The van der Waals surface area contributed by atoms with Gasteiger partial charge in [0.2, 0.25) is 21.9 Å². The van der Waals surface area contributed by atoms with Gasteiger partial charge < -0.3 is 0 Å². The van der Waals surface area contributed by atoms with Gasteiger partial charge in [0, 0.05) is 37.6 Å². The molecule has 4 rings (SSSR count). The van der Waals surface area contributed by atoms with Gasteiger partial charge in [0.05, 0.1) is 10.6 Å². The molecule has 2 aromatic heterocycles. The number of nitrogens with one attached hydrogen (secondary N) is 1. The standard InChI is InChI=1S/C18H17FN6O2S/c19-14-2-4-15(5-3-14)28(26,27)25-11-7-13(12-25)16-6-10-22-18(23-16)24-17-20-8-1-9-21-17/h1-6,8-10,13H,7,11-12H2,(H,20,21,22,23,24)/t13-/m1/s1. The summed E-state index contributed by atoms with van der Waals surface area (Å²) in [4.78, 5) is 16.9. The zero-order valence-corrected chi connectivity index (χ0v) is 15.6.